The van der Waals surface area contributed by atoms with Gasteiger partial charge in [0.1, 0.15) is 11.5 Å². The standard InChI is InChI=1S/C27H29N3O6/c1-4-36-19-9-5-8-18(16-19)24(31)22-23(20-10-6-11-21(34-2)26(20)35-3)30(27(33)25(22)32)14-7-13-29-15-12-28-17-29/h5-6,8-12,15-17,23,31H,4,7,13-14H2,1-3H3/b24-22+. The Hall–Kier alpha value is -4.27. The second-order valence-electron chi connectivity index (χ2n) is 8.19. The molecule has 1 atom stereocenters. The number of aryl methyl sites for hydroxylation is 1. The molecule has 0 aliphatic carbocycles. The molecule has 0 spiro atoms. The van der Waals surface area contributed by atoms with E-state index in [2.05, 4.69) is 4.98 Å². The van der Waals surface area contributed by atoms with Gasteiger partial charge in [-0.3, -0.25) is 9.59 Å². The third kappa shape index (κ3) is 4.77. The second-order valence-corrected chi connectivity index (χ2v) is 8.19. The van der Waals surface area contributed by atoms with Crippen molar-refractivity contribution in [2.24, 2.45) is 0 Å². The van der Waals surface area contributed by atoms with Crippen LogP contribution < -0.4 is 14.2 Å². The Morgan fingerprint density at radius 3 is 2.58 bits per heavy atom. The number of amides is 1. The fourth-order valence-corrected chi connectivity index (χ4v) is 4.46. The number of methoxy groups -OCH3 is 2. The maximum Gasteiger partial charge on any atom is 0.295 e. The molecule has 2 heterocycles. The van der Waals surface area contributed by atoms with Crippen molar-refractivity contribution in [3.63, 3.8) is 0 Å². The normalized spacial score (nSPS) is 16.9. The summed E-state index contributed by atoms with van der Waals surface area (Å²) in [6.07, 6.45) is 5.79. The van der Waals surface area contributed by atoms with Crippen molar-refractivity contribution in [3.8, 4) is 17.2 Å². The van der Waals surface area contributed by atoms with E-state index in [1.807, 2.05) is 17.7 Å². The molecule has 1 amide bonds. The van der Waals surface area contributed by atoms with Gasteiger partial charge < -0.3 is 28.8 Å². The minimum absolute atomic E-state index is 0.0113. The summed E-state index contributed by atoms with van der Waals surface area (Å²) in [6, 6.07) is 11.2. The number of likely N-dealkylation sites (tertiary alicyclic amines) is 1. The van der Waals surface area contributed by atoms with E-state index in [4.69, 9.17) is 14.2 Å². The molecule has 4 rings (SSSR count). The van der Waals surface area contributed by atoms with Crippen LogP contribution in [0.3, 0.4) is 0 Å². The zero-order valence-electron chi connectivity index (χ0n) is 20.5. The van der Waals surface area contributed by atoms with E-state index < -0.39 is 17.7 Å². The van der Waals surface area contributed by atoms with Gasteiger partial charge in [0.2, 0.25) is 0 Å². The number of nitrogens with zero attached hydrogens (tertiary/aromatic N) is 3. The van der Waals surface area contributed by atoms with Crippen LogP contribution in [0.2, 0.25) is 0 Å². The molecular formula is C27H29N3O6. The van der Waals surface area contributed by atoms with E-state index in [0.29, 0.717) is 47.9 Å². The predicted molar refractivity (Wildman–Crippen MR) is 133 cm³/mol. The molecule has 0 bridgehead atoms. The first-order valence-corrected chi connectivity index (χ1v) is 11.7. The number of hydrogen-bond donors (Lipinski definition) is 1. The Balaban J connectivity index is 1.82. The number of aliphatic hydroxyl groups excluding tert-OH is 1. The molecule has 1 aliphatic rings. The first-order valence-electron chi connectivity index (χ1n) is 11.7. The average molecular weight is 492 g/mol. The molecule has 1 fully saturated rings. The number of hydrogen-bond acceptors (Lipinski definition) is 7. The molecular weight excluding hydrogens is 462 g/mol. The highest BCUT2D eigenvalue weighted by atomic mass is 16.5. The second kappa shape index (κ2) is 11.0. The minimum Gasteiger partial charge on any atom is -0.507 e. The molecule has 0 radical (unpaired) electrons. The van der Waals surface area contributed by atoms with Crippen LogP contribution in [0.25, 0.3) is 5.76 Å². The first-order chi connectivity index (χ1) is 17.5. The lowest BCUT2D eigenvalue weighted by molar-refractivity contribution is -0.140. The number of benzene rings is 2. The van der Waals surface area contributed by atoms with Crippen LogP contribution in [-0.2, 0) is 16.1 Å². The lowest BCUT2D eigenvalue weighted by atomic mass is 9.94. The van der Waals surface area contributed by atoms with E-state index in [0.717, 1.165) is 0 Å². The summed E-state index contributed by atoms with van der Waals surface area (Å²) >= 11 is 0. The quantitative estimate of drug-likeness (QED) is 0.261. The number of imidazole rings is 1. The fraction of sp³-hybridized carbons (Fsp3) is 0.296. The van der Waals surface area contributed by atoms with Crippen molar-refractivity contribution in [1.29, 1.82) is 0 Å². The number of ether oxygens (including phenoxy) is 3. The minimum atomic E-state index is -0.867. The van der Waals surface area contributed by atoms with E-state index in [9.17, 15) is 14.7 Å². The summed E-state index contributed by atoms with van der Waals surface area (Å²) < 4.78 is 18.6. The average Bonchev–Trinajstić information content (AvgIpc) is 3.50. The molecule has 0 saturated carbocycles. The van der Waals surface area contributed by atoms with Crippen LogP contribution in [0, 0.1) is 0 Å². The van der Waals surface area contributed by atoms with Gasteiger partial charge in [-0.15, -0.1) is 0 Å². The highest BCUT2D eigenvalue weighted by Gasteiger charge is 2.47. The molecule has 1 unspecified atom stereocenters. The van der Waals surface area contributed by atoms with E-state index >= 15 is 0 Å². The SMILES string of the molecule is CCOc1cccc(/C(O)=C2\C(=O)C(=O)N(CCCn3ccnc3)C2c2cccc(OC)c2OC)c1. The Morgan fingerprint density at radius 1 is 1.08 bits per heavy atom. The van der Waals surface area contributed by atoms with Crippen molar-refractivity contribution in [3.05, 3.63) is 77.9 Å². The molecule has 1 saturated heterocycles. The number of ketones is 1. The Bertz CT molecular complexity index is 1270. The van der Waals surface area contributed by atoms with Gasteiger partial charge in [0.15, 0.2) is 11.5 Å². The van der Waals surface area contributed by atoms with Crippen LogP contribution in [0.15, 0.2) is 66.8 Å². The lowest BCUT2D eigenvalue weighted by Crippen LogP contribution is -2.31. The van der Waals surface area contributed by atoms with Gasteiger partial charge in [0.05, 0.1) is 38.8 Å². The number of carbonyl (C=O) groups excluding carboxylic acids is 2. The largest absolute Gasteiger partial charge is 0.507 e. The van der Waals surface area contributed by atoms with E-state index in [1.165, 1.54) is 19.1 Å². The zero-order valence-corrected chi connectivity index (χ0v) is 20.5. The van der Waals surface area contributed by atoms with Gasteiger partial charge in [-0.25, -0.2) is 4.98 Å². The Morgan fingerprint density at radius 2 is 1.89 bits per heavy atom. The summed E-state index contributed by atoms with van der Waals surface area (Å²) in [5.74, 6) is -0.323. The maximum atomic E-state index is 13.3. The van der Waals surface area contributed by atoms with Crippen molar-refractivity contribution < 1.29 is 28.9 Å². The number of rotatable bonds is 10. The van der Waals surface area contributed by atoms with Crippen molar-refractivity contribution in [2.45, 2.75) is 25.9 Å². The van der Waals surface area contributed by atoms with E-state index in [-0.39, 0.29) is 17.9 Å². The number of para-hydroxylation sites is 1. The van der Waals surface area contributed by atoms with Gasteiger partial charge in [0, 0.05) is 36.6 Å². The van der Waals surface area contributed by atoms with Crippen LogP contribution in [0.1, 0.15) is 30.5 Å². The Labute approximate surface area is 209 Å². The molecule has 9 heteroatoms. The molecule has 188 valence electrons. The molecule has 9 nitrogen and oxygen atoms in total. The fourth-order valence-electron chi connectivity index (χ4n) is 4.46. The number of aliphatic hydroxyl groups is 1. The third-order valence-electron chi connectivity index (χ3n) is 6.06. The maximum absolute atomic E-state index is 13.3. The van der Waals surface area contributed by atoms with Gasteiger partial charge >= 0.3 is 0 Å². The van der Waals surface area contributed by atoms with E-state index in [1.54, 1.807) is 55.0 Å². The van der Waals surface area contributed by atoms with Crippen LogP contribution in [0.4, 0.5) is 0 Å². The third-order valence-corrected chi connectivity index (χ3v) is 6.06. The van der Waals surface area contributed by atoms with Gasteiger partial charge in [-0.1, -0.05) is 24.3 Å². The molecule has 1 aromatic heterocycles. The molecule has 2 aromatic carbocycles. The molecule has 1 N–H and O–H groups in total. The van der Waals surface area contributed by atoms with Crippen LogP contribution in [0.5, 0.6) is 17.2 Å². The number of Topliss-reactive ketones (excluding diaryl/α,β-unsaturated/α-hetero) is 1. The summed E-state index contributed by atoms with van der Waals surface area (Å²) in [7, 11) is 3.01. The zero-order chi connectivity index (χ0) is 25.7. The van der Waals surface area contributed by atoms with Crippen molar-refractivity contribution in [2.75, 3.05) is 27.4 Å². The van der Waals surface area contributed by atoms with Crippen LogP contribution in [-0.4, -0.2) is 58.6 Å². The predicted octanol–water partition coefficient (Wildman–Crippen LogP) is 3.81. The topological polar surface area (TPSA) is 103 Å². The van der Waals surface area contributed by atoms with Crippen molar-refractivity contribution >= 4 is 17.4 Å². The van der Waals surface area contributed by atoms with Gasteiger partial charge in [-0.05, 0) is 31.5 Å². The van der Waals surface area contributed by atoms with Gasteiger partial charge in [0.25, 0.3) is 11.7 Å². The van der Waals surface area contributed by atoms with Gasteiger partial charge in [-0.2, -0.15) is 0 Å². The number of aromatic nitrogens is 2. The summed E-state index contributed by atoms with van der Waals surface area (Å²) in [5.41, 5.74) is 0.910. The summed E-state index contributed by atoms with van der Waals surface area (Å²) in [4.78, 5) is 32.1. The molecule has 1 aliphatic heterocycles. The monoisotopic (exact) mass is 491 g/mol. The first kappa shape index (κ1) is 24.8. The van der Waals surface area contributed by atoms with Crippen molar-refractivity contribution in [1.82, 2.24) is 14.5 Å². The molecule has 36 heavy (non-hydrogen) atoms. The number of carbonyl (C=O) groups is 2. The summed E-state index contributed by atoms with van der Waals surface area (Å²) in [5, 5.41) is 11.4. The molecule has 3 aromatic rings. The summed E-state index contributed by atoms with van der Waals surface area (Å²) in [6.45, 7) is 3.20. The van der Waals surface area contributed by atoms with Crippen LogP contribution >= 0.6 is 0 Å². The Kier molecular flexibility index (Phi) is 7.58. The highest BCUT2D eigenvalue weighted by Crippen LogP contribution is 2.45. The lowest BCUT2D eigenvalue weighted by Gasteiger charge is -2.27. The highest BCUT2D eigenvalue weighted by molar-refractivity contribution is 6.46. The smallest absolute Gasteiger partial charge is 0.295 e.